The van der Waals surface area contributed by atoms with Crippen LogP contribution in [0.3, 0.4) is 0 Å². The fourth-order valence-electron chi connectivity index (χ4n) is 5.83. The van der Waals surface area contributed by atoms with Gasteiger partial charge in [-0.2, -0.15) is 0 Å². The number of aryl methyl sites for hydroxylation is 1. The zero-order valence-corrected chi connectivity index (χ0v) is 17.5. The summed E-state index contributed by atoms with van der Waals surface area (Å²) < 4.78 is 14.2. The van der Waals surface area contributed by atoms with Crippen LogP contribution in [0.5, 0.6) is 0 Å². The first-order valence-electron chi connectivity index (χ1n) is 10.2. The Morgan fingerprint density at radius 1 is 1.07 bits per heavy atom. The first kappa shape index (κ1) is 19.1. The van der Waals surface area contributed by atoms with Crippen LogP contribution < -0.4 is 0 Å². The molecule has 0 radical (unpaired) electrons. The van der Waals surface area contributed by atoms with E-state index in [2.05, 4.69) is 0 Å². The van der Waals surface area contributed by atoms with Crippen molar-refractivity contribution in [3.63, 3.8) is 0 Å². The van der Waals surface area contributed by atoms with Gasteiger partial charge in [-0.25, -0.2) is 4.39 Å². The van der Waals surface area contributed by atoms with Gasteiger partial charge in [-0.05, 0) is 66.3 Å². The van der Waals surface area contributed by atoms with E-state index in [1.54, 1.807) is 6.07 Å². The van der Waals surface area contributed by atoms with Crippen molar-refractivity contribution in [2.24, 2.45) is 23.7 Å². The number of hydrogen-bond donors (Lipinski definition) is 1. The van der Waals surface area contributed by atoms with Gasteiger partial charge in [-0.1, -0.05) is 48.3 Å². The maximum atomic E-state index is 14.2. The number of carbonyl (C=O) groups is 1. The van der Waals surface area contributed by atoms with Gasteiger partial charge < -0.3 is 5.11 Å². The highest BCUT2D eigenvalue weighted by atomic mass is 35.5. The minimum atomic E-state index is -0.655. The van der Waals surface area contributed by atoms with Gasteiger partial charge in [-0.3, -0.25) is 4.79 Å². The maximum absolute atomic E-state index is 14.2. The third-order valence-corrected chi connectivity index (χ3v) is 7.81. The number of ketones is 1. The summed E-state index contributed by atoms with van der Waals surface area (Å²) in [6.45, 7) is 2.02. The molecule has 2 fully saturated rings. The summed E-state index contributed by atoms with van der Waals surface area (Å²) in [5.41, 5.74) is 3.41. The van der Waals surface area contributed by atoms with Crippen molar-refractivity contribution in [2.75, 3.05) is 0 Å². The molecular weight excluding hydrogens is 410 g/mol. The lowest BCUT2D eigenvalue weighted by molar-refractivity contribution is -0.118. The molecule has 2 saturated carbocycles. The van der Waals surface area contributed by atoms with Crippen LogP contribution in [0.1, 0.15) is 37.3 Å². The summed E-state index contributed by atoms with van der Waals surface area (Å²) in [5, 5.41) is 11.0. The van der Waals surface area contributed by atoms with Crippen LogP contribution in [0.25, 0.3) is 16.7 Å². The van der Waals surface area contributed by atoms with Crippen molar-refractivity contribution in [1.29, 1.82) is 0 Å². The number of Topliss-reactive ketones (excluding diaryl/α,β-unsaturated/α-hetero) is 1. The van der Waals surface area contributed by atoms with Gasteiger partial charge in [0.1, 0.15) is 5.76 Å². The maximum Gasteiger partial charge on any atom is 0.170 e. The second-order valence-corrected chi connectivity index (χ2v) is 9.24. The normalized spacial score (nSPS) is 27.8. The Balaban J connectivity index is 1.65. The molecule has 0 saturated heterocycles. The van der Waals surface area contributed by atoms with Crippen LogP contribution >= 0.6 is 23.2 Å². The van der Waals surface area contributed by atoms with E-state index in [9.17, 15) is 14.3 Å². The van der Waals surface area contributed by atoms with Crippen molar-refractivity contribution in [1.82, 2.24) is 0 Å². The number of hydrogen-bond acceptors (Lipinski definition) is 2. The van der Waals surface area contributed by atoms with E-state index in [1.807, 2.05) is 25.1 Å². The summed E-state index contributed by atoms with van der Waals surface area (Å²) >= 11 is 12.0. The molecule has 3 aliphatic rings. The fraction of sp³-hybridized carbons (Fsp3) is 0.375. The molecular formula is C24H21Cl2FO2. The van der Waals surface area contributed by atoms with Crippen LogP contribution in [0, 0.1) is 29.5 Å². The number of aliphatic hydroxyl groups is 1. The zero-order valence-electron chi connectivity index (χ0n) is 16.0. The summed E-state index contributed by atoms with van der Waals surface area (Å²) in [4.78, 5) is 13.3. The Bertz CT molecular complexity index is 1070. The van der Waals surface area contributed by atoms with Crippen molar-refractivity contribution >= 4 is 34.6 Å². The second-order valence-electron chi connectivity index (χ2n) is 8.46. The number of benzene rings is 2. The Kier molecular flexibility index (Phi) is 4.52. The molecule has 5 heteroatoms. The molecule has 150 valence electrons. The molecule has 2 aromatic carbocycles. The van der Waals surface area contributed by atoms with Crippen LogP contribution in [0.15, 0.2) is 36.1 Å². The minimum Gasteiger partial charge on any atom is -0.511 e. The van der Waals surface area contributed by atoms with Crippen molar-refractivity contribution in [3.05, 3.63) is 63.1 Å². The number of allylic oxidation sites excluding steroid dienone is 2. The van der Waals surface area contributed by atoms with Gasteiger partial charge in [-0.15, -0.1) is 0 Å². The third kappa shape index (κ3) is 2.70. The average molecular weight is 431 g/mol. The summed E-state index contributed by atoms with van der Waals surface area (Å²) in [6, 6.07) is 8.82. The van der Waals surface area contributed by atoms with Crippen molar-refractivity contribution < 1.29 is 14.3 Å². The molecule has 3 aliphatic carbocycles. The number of rotatable bonds is 3. The SMILES string of the molecule is CCc1ccc(-c2ccc(Cl)c(F)c2Cl)cc1C1=C(O)C2[C@H]3CC[C@H](C3)[C@H]2C1=O. The zero-order chi connectivity index (χ0) is 20.4. The van der Waals surface area contributed by atoms with Crippen LogP contribution in [-0.2, 0) is 11.2 Å². The van der Waals surface area contributed by atoms with Crippen molar-refractivity contribution in [2.45, 2.75) is 32.6 Å². The van der Waals surface area contributed by atoms with Gasteiger partial charge in [0.05, 0.1) is 15.6 Å². The molecule has 2 aromatic rings. The Morgan fingerprint density at radius 3 is 2.48 bits per heavy atom. The summed E-state index contributed by atoms with van der Waals surface area (Å²) in [5.74, 6) is 0.379. The van der Waals surface area contributed by atoms with Crippen LogP contribution in [0.4, 0.5) is 4.39 Å². The molecule has 0 aliphatic heterocycles. The smallest absolute Gasteiger partial charge is 0.170 e. The first-order chi connectivity index (χ1) is 13.9. The third-order valence-electron chi connectivity index (χ3n) is 7.14. The van der Waals surface area contributed by atoms with Gasteiger partial charge in [0, 0.05) is 17.4 Å². The Labute approximate surface area is 179 Å². The number of aliphatic hydroxyl groups excluding tert-OH is 1. The van der Waals surface area contributed by atoms with Gasteiger partial charge in [0.25, 0.3) is 0 Å². The fourth-order valence-corrected chi connectivity index (χ4v) is 6.31. The predicted molar refractivity (Wildman–Crippen MR) is 114 cm³/mol. The van der Waals surface area contributed by atoms with Crippen LogP contribution in [0.2, 0.25) is 10.0 Å². The molecule has 1 N–H and O–H groups in total. The molecule has 0 amide bonds. The van der Waals surface area contributed by atoms with E-state index in [-0.39, 0.29) is 33.4 Å². The predicted octanol–water partition coefficient (Wildman–Crippen LogP) is 6.88. The highest BCUT2D eigenvalue weighted by Crippen LogP contribution is 2.60. The lowest BCUT2D eigenvalue weighted by atomic mass is 9.80. The standard InChI is InChI=1S/C24H21Cl2FO2/c1-2-11-3-4-12(15-7-8-17(25)22(27)21(15)26)10-16(11)20-23(28)18-13-5-6-14(9-13)19(18)24(20)29/h3-4,7-8,10,13-14,18-19,28H,2,5-6,9H2,1H3/t13-,14+,18?,19+/m0/s1. The van der Waals surface area contributed by atoms with Gasteiger partial charge >= 0.3 is 0 Å². The van der Waals surface area contributed by atoms with E-state index in [0.29, 0.717) is 28.5 Å². The van der Waals surface area contributed by atoms with Gasteiger partial charge in [0.2, 0.25) is 0 Å². The molecule has 0 spiro atoms. The first-order valence-corrected chi connectivity index (χ1v) is 10.9. The summed E-state index contributed by atoms with van der Waals surface area (Å²) in [7, 11) is 0. The lowest BCUT2D eigenvalue weighted by Crippen LogP contribution is -2.24. The average Bonchev–Trinajstić information content (AvgIpc) is 3.40. The second kappa shape index (κ2) is 6.85. The van der Waals surface area contributed by atoms with E-state index in [0.717, 1.165) is 36.8 Å². The molecule has 0 aromatic heterocycles. The van der Waals surface area contributed by atoms with E-state index in [4.69, 9.17) is 23.2 Å². The molecule has 2 bridgehead atoms. The largest absolute Gasteiger partial charge is 0.511 e. The molecule has 1 unspecified atom stereocenters. The van der Waals surface area contributed by atoms with E-state index < -0.39 is 5.82 Å². The Morgan fingerprint density at radius 2 is 1.79 bits per heavy atom. The number of fused-ring (bicyclic) bond motifs is 5. The monoisotopic (exact) mass is 430 g/mol. The quantitative estimate of drug-likeness (QED) is 0.538. The number of carbonyl (C=O) groups excluding carboxylic acids is 1. The minimum absolute atomic E-state index is 0.0267. The molecule has 29 heavy (non-hydrogen) atoms. The van der Waals surface area contributed by atoms with Gasteiger partial charge in [0.15, 0.2) is 11.6 Å². The van der Waals surface area contributed by atoms with E-state index in [1.165, 1.54) is 6.07 Å². The van der Waals surface area contributed by atoms with Crippen LogP contribution in [-0.4, -0.2) is 10.9 Å². The summed E-state index contributed by atoms with van der Waals surface area (Å²) in [6.07, 6.45) is 3.96. The molecule has 4 atom stereocenters. The highest BCUT2D eigenvalue weighted by molar-refractivity contribution is 6.36. The number of halogens is 3. The Hall–Kier alpha value is -1.84. The molecule has 2 nitrogen and oxygen atoms in total. The van der Waals surface area contributed by atoms with E-state index >= 15 is 0 Å². The highest BCUT2D eigenvalue weighted by Gasteiger charge is 2.57. The van der Waals surface area contributed by atoms with Crippen molar-refractivity contribution in [3.8, 4) is 11.1 Å². The topological polar surface area (TPSA) is 37.3 Å². The molecule has 5 rings (SSSR count). The lowest BCUT2D eigenvalue weighted by Gasteiger charge is -2.23. The molecule has 0 heterocycles.